The van der Waals surface area contributed by atoms with E-state index in [0.717, 1.165) is 78.4 Å². The van der Waals surface area contributed by atoms with Crippen LogP contribution in [0.5, 0.6) is 0 Å². The molecule has 2 N–H and O–H groups in total. The molecule has 1 saturated heterocycles. The monoisotopic (exact) mass is 836 g/mol. The van der Waals surface area contributed by atoms with E-state index in [1.807, 2.05) is 91.6 Å². The average molecular weight is 837 g/mol. The quantitative estimate of drug-likeness (QED) is 0.0555. The number of piperazine rings is 1. The molecule has 1 aliphatic rings. The van der Waals surface area contributed by atoms with Crippen molar-refractivity contribution in [2.75, 3.05) is 72.4 Å². The third-order valence-electron chi connectivity index (χ3n) is 9.97. The Morgan fingerprint density at radius 1 is 0.845 bits per heavy atom. The topological polar surface area (TPSA) is 129 Å². The van der Waals surface area contributed by atoms with Crippen molar-refractivity contribution in [1.82, 2.24) is 14.5 Å². The Labute approximate surface area is 348 Å². The van der Waals surface area contributed by atoms with Gasteiger partial charge in [0.15, 0.2) is 0 Å². The molecule has 1 fully saturated rings. The number of imidazole rings is 1. The Hall–Kier alpha value is -5.54. The Balaban J connectivity index is 0.974. The van der Waals surface area contributed by atoms with Gasteiger partial charge in [0.2, 0.25) is 0 Å². The summed E-state index contributed by atoms with van der Waals surface area (Å²) in [5.74, 6) is 0.677. The molecule has 5 aromatic carbocycles. The molecule has 1 atom stereocenters. The summed E-state index contributed by atoms with van der Waals surface area (Å²) in [5, 5.41) is 16.2. The molecule has 0 spiro atoms. The van der Waals surface area contributed by atoms with Crippen LogP contribution in [0.25, 0.3) is 16.9 Å². The Morgan fingerprint density at radius 3 is 2.22 bits per heavy atom. The van der Waals surface area contributed by atoms with Crippen LogP contribution in [0, 0.1) is 10.1 Å². The summed E-state index contributed by atoms with van der Waals surface area (Å²) in [7, 11) is -0.159. The van der Waals surface area contributed by atoms with Crippen molar-refractivity contribution in [3.63, 3.8) is 0 Å². The van der Waals surface area contributed by atoms with Crippen LogP contribution in [0.3, 0.4) is 0 Å². The minimum atomic E-state index is -4.12. The fourth-order valence-electron chi connectivity index (χ4n) is 6.85. The van der Waals surface area contributed by atoms with E-state index >= 15 is 0 Å². The minimum absolute atomic E-state index is 0.0950. The number of sulfonamides is 1. The molecule has 0 unspecified atom stereocenters. The van der Waals surface area contributed by atoms with Gasteiger partial charge in [0, 0.05) is 82.3 Å². The first-order valence-electron chi connectivity index (χ1n) is 18.9. The smallest absolute Gasteiger partial charge is 0.293 e. The number of nitrogens with one attached hydrogen (secondary N) is 2. The molecular weight excluding hydrogens is 792 g/mol. The van der Waals surface area contributed by atoms with E-state index in [4.69, 9.17) is 11.6 Å². The molecule has 300 valence electrons. The normalized spacial score (nSPS) is 13.7. The maximum Gasteiger partial charge on any atom is 0.293 e. The number of rotatable bonds is 16. The number of halogens is 1. The van der Waals surface area contributed by atoms with E-state index in [1.165, 1.54) is 12.1 Å². The number of nitro benzene ring substituents is 1. The van der Waals surface area contributed by atoms with Crippen LogP contribution in [-0.2, 0) is 10.0 Å². The molecule has 0 aliphatic carbocycles. The molecule has 1 aliphatic heterocycles. The van der Waals surface area contributed by atoms with Crippen molar-refractivity contribution in [1.29, 1.82) is 0 Å². The second-order valence-electron chi connectivity index (χ2n) is 14.3. The molecule has 0 amide bonds. The van der Waals surface area contributed by atoms with Crippen molar-refractivity contribution >= 4 is 61.8 Å². The summed E-state index contributed by atoms with van der Waals surface area (Å²) >= 11 is 7.78. The predicted molar refractivity (Wildman–Crippen MR) is 237 cm³/mol. The van der Waals surface area contributed by atoms with Gasteiger partial charge in [-0.1, -0.05) is 41.9 Å². The zero-order valence-electron chi connectivity index (χ0n) is 32.2. The van der Waals surface area contributed by atoms with Gasteiger partial charge in [0.25, 0.3) is 15.7 Å². The highest BCUT2D eigenvalue weighted by Gasteiger charge is 2.24. The number of nitrogens with zero attached hydrogens (tertiary/aromatic N) is 6. The van der Waals surface area contributed by atoms with E-state index in [-0.39, 0.29) is 22.3 Å². The van der Waals surface area contributed by atoms with E-state index < -0.39 is 14.9 Å². The van der Waals surface area contributed by atoms with Crippen LogP contribution in [0.2, 0.25) is 5.02 Å². The Bertz CT molecular complexity index is 2420. The van der Waals surface area contributed by atoms with Gasteiger partial charge in [-0.2, -0.15) is 0 Å². The summed E-state index contributed by atoms with van der Waals surface area (Å²) in [6.45, 7) is 3.95. The maximum absolute atomic E-state index is 13.5. The van der Waals surface area contributed by atoms with Crippen molar-refractivity contribution in [2.45, 2.75) is 22.3 Å². The standard InChI is InChI=1S/C43H45ClN8O4S2/c1-48(2)22-21-35(30-57-39-9-4-3-5-10-39)46-41-20-19-40(28-42(41)52(53)54)58(55,56)47-34-13-17-36(18-14-34)49-23-25-50(26-24-49)38-8-6-7-32(27-38)43-29-45-31-51(43)37-15-11-33(44)12-16-37/h3-20,27-29,31,35,46-47H,21-26,30H2,1-2H3/t35-/m0/s1. The van der Waals surface area contributed by atoms with Gasteiger partial charge in [-0.15, -0.1) is 11.8 Å². The molecule has 0 bridgehead atoms. The lowest BCUT2D eigenvalue weighted by molar-refractivity contribution is -0.384. The highest BCUT2D eigenvalue weighted by atomic mass is 35.5. The molecular formula is C43H45ClN8O4S2. The first-order valence-corrected chi connectivity index (χ1v) is 21.8. The molecule has 58 heavy (non-hydrogen) atoms. The lowest BCUT2D eigenvalue weighted by Crippen LogP contribution is -2.46. The molecule has 15 heteroatoms. The Kier molecular flexibility index (Phi) is 12.9. The fourth-order valence-corrected chi connectivity index (χ4v) is 9.05. The van der Waals surface area contributed by atoms with Crippen molar-refractivity contribution in [3.05, 3.63) is 149 Å². The zero-order chi connectivity index (χ0) is 40.6. The lowest BCUT2D eigenvalue weighted by Gasteiger charge is -2.37. The summed E-state index contributed by atoms with van der Waals surface area (Å²) in [4.78, 5) is 23.7. The first-order chi connectivity index (χ1) is 28.0. The zero-order valence-corrected chi connectivity index (χ0v) is 34.6. The van der Waals surface area contributed by atoms with Crippen molar-refractivity contribution in [3.8, 4) is 16.9 Å². The SMILES string of the molecule is CN(C)CC[C@@H](CSc1ccccc1)Nc1ccc(S(=O)(=O)Nc2ccc(N3CCN(c4cccc(-c5cncn5-c5ccc(Cl)cc5)c4)CC3)cc2)cc1[N+](=O)[O-]. The summed E-state index contributed by atoms with van der Waals surface area (Å²) in [6.07, 6.45) is 4.41. The number of hydrogen-bond acceptors (Lipinski definition) is 10. The fraction of sp³-hybridized carbons (Fsp3) is 0.233. The highest BCUT2D eigenvalue weighted by molar-refractivity contribution is 7.99. The van der Waals surface area contributed by atoms with E-state index in [9.17, 15) is 18.5 Å². The lowest BCUT2D eigenvalue weighted by atomic mass is 10.1. The summed E-state index contributed by atoms with van der Waals surface area (Å²) in [5.41, 5.74) is 5.47. The molecule has 6 aromatic rings. The van der Waals surface area contributed by atoms with Crippen LogP contribution in [-0.4, -0.2) is 86.4 Å². The first kappa shape index (κ1) is 40.6. The minimum Gasteiger partial charge on any atom is -0.376 e. The van der Waals surface area contributed by atoms with E-state index in [2.05, 4.69) is 54.0 Å². The number of benzene rings is 5. The largest absolute Gasteiger partial charge is 0.376 e. The summed E-state index contributed by atoms with van der Waals surface area (Å²) < 4.78 is 31.7. The molecule has 1 aromatic heterocycles. The summed E-state index contributed by atoms with van der Waals surface area (Å²) in [6, 6.07) is 37.3. The highest BCUT2D eigenvalue weighted by Crippen LogP contribution is 2.32. The predicted octanol–water partition coefficient (Wildman–Crippen LogP) is 8.75. The second kappa shape index (κ2) is 18.4. The number of nitro groups is 1. The van der Waals surface area contributed by atoms with Crippen molar-refractivity contribution in [2.24, 2.45) is 0 Å². The molecule has 0 radical (unpaired) electrons. The van der Waals surface area contributed by atoms with Crippen LogP contribution in [0.1, 0.15) is 6.42 Å². The molecule has 2 heterocycles. The number of anilines is 4. The van der Waals surface area contributed by atoms with Crippen LogP contribution >= 0.6 is 23.4 Å². The molecule has 7 rings (SSSR count). The van der Waals surface area contributed by atoms with Crippen LogP contribution in [0.4, 0.5) is 28.4 Å². The number of hydrogen-bond donors (Lipinski definition) is 2. The maximum atomic E-state index is 13.5. The van der Waals surface area contributed by atoms with Gasteiger partial charge in [-0.25, -0.2) is 13.4 Å². The van der Waals surface area contributed by atoms with Gasteiger partial charge in [0.05, 0.1) is 28.0 Å². The van der Waals surface area contributed by atoms with Gasteiger partial charge >= 0.3 is 0 Å². The second-order valence-corrected chi connectivity index (χ2v) is 17.5. The third-order valence-corrected chi connectivity index (χ3v) is 12.8. The average Bonchev–Trinajstić information content (AvgIpc) is 3.73. The van der Waals surface area contributed by atoms with Crippen LogP contribution in [0.15, 0.2) is 144 Å². The van der Waals surface area contributed by atoms with Gasteiger partial charge in [-0.3, -0.25) is 19.4 Å². The van der Waals surface area contributed by atoms with Gasteiger partial charge in [0.1, 0.15) is 5.69 Å². The number of thioether (sulfide) groups is 1. The third kappa shape index (κ3) is 10.1. The Morgan fingerprint density at radius 2 is 1.53 bits per heavy atom. The van der Waals surface area contributed by atoms with Crippen LogP contribution < -0.4 is 19.8 Å². The number of aromatic nitrogens is 2. The van der Waals surface area contributed by atoms with E-state index in [1.54, 1.807) is 30.2 Å². The van der Waals surface area contributed by atoms with Gasteiger partial charge in [-0.05, 0) is 112 Å². The van der Waals surface area contributed by atoms with Gasteiger partial charge < -0.3 is 20.0 Å². The van der Waals surface area contributed by atoms with E-state index in [0.29, 0.717) is 16.5 Å². The molecule has 0 saturated carbocycles. The van der Waals surface area contributed by atoms with Crippen molar-refractivity contribution < 1.29 is 13.3 Å². The molecule has 12 nitrogen and oxygen atoms in total.